The van der Waals surface area contributed by atoms with Crippen LogP contribution in [0.15, 0.2) is 47.1 Å². The number of aliphatic hydroxyl groups is 1. The number of benzene rings is 1. The van der Waals surface area contributed by atoms with E-state index in [1.807, 2.05) is 37.3 Å². The van der Waals surface area contributed by atoms with Crippen LogP contribution in [0.25, 0.3) is 0 Å². The number of aliphatic hydroxyl groups excluding tert-OH is 1. The molecule has 0 spiro atoms. The number of aromatic carboxylic acids is 1. The van der Waals surface area contributed by atoms with Crippen LogP contribution in [0.4, 0.5) is 0 Å². The van der Waals surface area contributed by atoms with Crippen molar-refractivity contribution in [2.45, 2.75) is 25.4 Å². The van der Waals surface area contributed by atoms with E-state index in [1.165, 1.54) is 12.3 Å². The number of furan rings is 1. The van der Waals surface area contributed by atoms with Crippen molar-refractivity contribution in [1.82, 2.24) is 0 Å². The molecular weight excluding hydrogens is 244 g/mol. The maximum Gasteiger partial charge on any atom is 0.339 e. The Hall–Kier alpha value is -2.07. The molecule has 0 bridgehead atoms. The molecule has 19 heavy (non-hydrogen) atoms. The molecule has 4 nitrogen and oxygen atoms in total. The van der Waals surface area contributed by atoms with Gasteiger partial charge in [0.1, 0.15) is 17.4 Å². The second kappa shape index (κ2) is 5.71. The van der Waals surface area contributed by atoms with Gasteiger partial charge >= 0.3 is 5.97 Å². The number of hydrogen-bond acceptors (Lipinski definition) is 3. The third kappa shape index (κ3) is 3.03. The zero-order chi connectivity index (χ0) is 13.8. The van der Waals surface area contributed by atoms with Gasteiger partial charge in [-0.2, -0.15) is 0 Å². The fraction of sp³-hybridized carbons (Fsp3) is 0.267. The van der Waals surface area contributed by atoms with E-state index in [0.29, 0.717) is 6.42 Å². The third-order valence-corrected chi connectivity index (χ3v) is 3.17. The quantitative estimate of drug-likeness (QED) is 0.866. The number of hydrogen-bond donors (Lipinski definition) is 2. The van der Waals surface area contributed by atoms with E-state index in [4.69, 9.17) is 9.52 Å². The van der Waals surface area contributed by atoms with E-state index in [0.717, 1.165) is 5.56 Å². The Labute approximate surface area is 111 Å². The minimum atomic E-state index is -1.09. The SMILES string of the molecule is CC(CC(O)c1occc1C(=O)O)c1ccccc1. The average molecular weight is 260 g/mol. The van der Waals surface area contributed by atoms with Gasteiger partial charge in [-0.3, -0.25) is 0 Å². The minimum absolute atomic E-state index is 0.0211. The van der Waals surface area contributed by atoms with Crippen molar-refractivity contribution >= 4 is 5.97 Å². The van der Waals surface area contributed by atoms with E-state index >= 15 is 0 Å². The molecule has 2 N–H and O–H groups in total. The molecule has 2 atom stereocenters. The maximum atomic E-state index is 11.0. The van der Waals surface area contributed by atoms with Crippen LogP contribution in [-0.4, -0.2) is 16.2 Å². The van der Waals surface area contributed by atoms with E-state index in [9.17, 15) is 9.90 Å². The van der Waals surface area contributed by atoms with Gasteiger partial charge in [-0.25, -0.2) is 4.79 Å². The number of carboxylic acids is 1. The Bertz CT molecular complexity index is 544. The van der Waals surface area contributed by atoms with E-state index in [2.05, 4.69) is 0 Å². The van der Waals surface area contributed by atoms with Crippen LogP contribution in [0.1, 0.15) is 47.0 Å². The van der Waals surface area contributed by atoms with Gasteiger partial charge in [0.25, 0.3) is 0 Å². The fourth-order valence-corrected chi connectivity index (χ4v) is 2.12. The molecule has 100 valence electrons. The molecule has 0 saturated heterocycles. The molecule has 0 fully saturated rings. The summed E-state index contributed by atoms with van der Waals surface area (Å²) in [7, 11) is 0. The van der Waals surface area contributed by atoms with Crippen molar-refractivity contribution in [3.63, 3.8) is 0 Å². The second-order valence-electron chi connectivity index (χ2n) is 4.57. The highest BCUT2D eigenvalue weighted by atomic mass is 16.4. The second-order valence-corrected chi connectivity index (χ2v) is 4.57. The van der Waals surface area contributed by atoms with Gasteiger partial charge in [-0.15, -0.1) is 0 Å². The monoisotopic (exact) mass is 260 g/mol. The molecule has 1 heterocycles. The highest BCUT2D eigenvalue weighted by Gasteiger charge is 2.22. The largest absolute Gasteiger partial charge is 0.478 e. The molecule has 0 aliphatic carbocycles. The molecule has 0 amide bonds. The van der Waals surface area contributed by atoms with Crippen molar-refractivity contribution in [1.29, 1.82) is 0 Å². The van der Waals surface area contributed by atoms with Crippen LogP contribution >= 0.6 is 0 Å². The van der Waals surface area contributed by atoms with Gasteiger partial charge in [0.2, 0.25) is 0 Å². The topological polar surface area (TPSA) is 70.7 Å². The summed E-state index contributed by atoms with van der Waals surface area (Å²) in [5, 5.41) is 19.1. The number of carboxylic acid groups (broad SMARTS) is 1. The van der Waals surface area contributed by atoms with Crippen LogP contribution < -0.4 is 0 Å². The molecule has 2 aromatic rings. The Morgan fingerprint density at radius 3 is 2.58 bits per heavy atom. The van der Waals surface area contributed by atoms with E-state index < -0.39 is 12.1 Å². The Kier molecular flexibility index (Phi) is 4.02. The fourth-order valence-electron chi connectivity index (χ4n) is 2.12. The average Bonchev–Trinajstić information content (AvgIpc) is 2.89. The first kappa shape index (κ1) is 13.4. The zero-order valence-electron chi connectivity index (χ0n) is 10.6. The molecule has 2 rings (SSSR count). The summed E-state index contributed by atoms with van der Waals surface area (Å²) in [5.74, 6) is -0.853. The zero-order valence-corrected chi connectivity index (χ0v) is 10.6. The van der Waals surface area contributed by atoms with Gasteiger partial charge in [-0.05, 0) is 24.0 Å². The first-order valence-electron chi connectivity index (χ1n) is 6.13. The van der Waals surface area contributed by atoms with Gasteiger partial charge in [0.15, 0.2) is 0 Å². The lowest BCUT2D eigenvalue weighted by atomic mass is 9.93. The summed E-state index contributed by atoms with van der Waals surface area (Å²) >= 11 is 0. The predicted octanol–water partition coefficient (Wildman–Crippen LogP) is 3.21. The van der Waals surface area contributed by atoms with Crippen molar-refractivity contribution in [2.75, 3.05) is 0 Å². The lowest BCUT2D eigenvalue weighted by Crippen LogP contribution is -2.07. The molecule has 4 heteroatoms. The van der Waals surface area contributed by atoms with Crippen LogP contribution in [0.5, 0.6) is 0 Å². The minimum Gasteiger partial charge on any atom is -0.478 e. The van der Waals surface area contributed by atoms with Gasteiger partial charge < -0.3 is 14.6 Å². The Balaban J connectivity index is 2.11. The standard InChI is InChI=1S/C15H16O4/c1-10(11-5-3-2-4-6-11)9-13(16)14-12(15(17)18)7-8-19-14/h2-8,10,13,16H,9H2,1H3,(H,17,18). The summed E-state index contributed by atoms with van der Waals surface area (Å²) in [6.45, 7) is 1.99. The lowest BCUT2D eigenvalue weighted by molar-refractivity contribution is 0.0679. The van der Waals surface area contributed by atoms with E-state index in [-0.39, 0.29) is 17.2 Å². The third-order valence-electron chi connectivity index (χ3n) is 3.17. The number of carbonyl (C=O) groups is 1. The van der Waals surface area contributed by atoms with Gasteiger partial charge in [0.05, 0.1) is 6.26 Å². The Morgan fingerprint density at radius 1 is 1.26 bits per heavy atom. The molecule has 2 unspecified atom stereocenters. The summed E-state index contributed by atoms with van der Waals surface area (Å²) in [5.41, 5.74) is 1.12. The molecule has 0 radical (unpaired) electrons. The normalized spacial score (nSPS) is 14.0. The lowest BCUT2D eigenvalue weighted by Gasteiger charge is -2.15. The van der Waals surface area contributed by atoms with Crippen LogP contribution in [0, 0.1) is 0 Å². The summed E-state index contributed by atoms with van der Waals surface area (Å²) in [4.78, 5) is 11.0. The highest BCUT2D eigenvalue weighted by molar-refractivity contribution is 5.88. The predicted molar refractivity (Wildman–Crippen MR) is 70.1 cm³/mol. The van der Waals surface area contributed by atoms with E-state index in [1.54, 1.807) is 0 Å². The number of rotatable bonds is 5. The maximum absolute atomic E-state index is 11.0. The molecular formula is C15H16O4. The van der Waals surface area contributed by atoms with Crippen LogP contribution in [-0.2, 0) is 0 Å². The first-order chi connectivity index (χ1) is 9.09. The van der Waals surface area contributed by atoms with Gasteiger partial charge in [-0.1, -0.05) is 37.3 Å². The smallest absolute Gasteiger partial charge is 0.339 e. The van der Waals surface area contributed by atoms with Gasteiger partial charge in [0, 0.05) is 0 Å². The molecule has 1 aromatic heterocycles. The van der Waals surface area contributed by atoms with Crippen molar-refractivity contribution in [2.24, 2.45) is 0 Å². The molecule has 0 aliphatic heterocycles. The van der Waals surface area contributed by atoms with Crippen LogP contribution in [0.2, 0.25) is 0 Å². The highest BCUT2D eigenvalue weighted by Crippen LogP contribution is 2.30. The summed E-state index contributed by atoms with van der Waals surface area (Å²) in [6.07, 6.45) is 0.781. The van der Waals surface area contributed by atoms with Crippen molar-refractivity contribution in [3.05, 3.63) is 59.5 Å². The van der Waals surface area contributed by atoms with Crippen LogP contribution in [0.3, 0.4) is 0 Å². The Morgan fingerprint density at radius 2 is 1.95 bits per heavy atom. The molecule has 0 aliphatic rings. The summed E-state index contributed by atoms with van der Waals surface area (Å²) in [6, 6.07) is 11.1. The van der Waals surface area contributed by atoms with Crippen molar-refractivity contribution in [3.8, 4) is 0 Å². The van der Waals surface area contributed by atoms with Crippen molar-refractivity contribution < 1.29 is 19.4 Å². The molecule has 1 aromatic carbocycles. The first-order valence-corrected chi connectivity index (χ1v) is 6.13. The summed E-state index contributed by atoms with van der Waals surface area (Å²) < 4.78 is 5.09. The molecule has 0 saturated carbocycles.